The van der Waals surface area contributed by atoms with E-state index in [1.165, 1.54) is 19.4 Å². The SMILES string of the molecule is COc1ccnc(C(=O)N=Nc2[nH]c(N)c3ccccc23)c1. The van der Waals surface area contributed by atoms with Gasteiger partial charge in [0.1, 0.15) is 17.3 Å². The highest BCUT2D eigenvalue weighted by Gasteiger charge is 2.10. The summed E-state index contributed by atoms with van der Waals surface area (Å²) >= 11 is 0. The van der Waals surface area contributed by atoms with E-state index in [1.54, 1.807) is 6.07 Å². The van der Waals surface area contributed by atoms with Crippen LogP contribution in [0.1, 0.15) is 10.5 Å². The van der Waals surface area contributed by atoms with E-state index < -0.39 is 5.91 Å². The van der Waals surface area contributed by atoms with Crippen LogP contribution in [0.5, 0.6) is 5.75 Å². The molecule has 110 valence electrons. The van der Waals surface area contributed by atoms with Gasteiger partial charge in [-0.25, -0.2) is 0 Å². The minimum absolute atomic E-state index is 0.159. The van der Waals surface area contributed by atoms with Crippen molar-refractivity contribution >= 4 is 28.3 Å². The predicted molar refractivity (Wildman–Crippen MR) is 82.3 cm³/mol. The Kier molecular flexibility index (Phi) is 3.53. The molecule has 22 heavy (non-hydrogen) atoms. The monoisotopic (exact) mass is 295 g/mol. The lowest BCUT2D eigenvalue weighted by molar-refractivity contribution is 0.0990. The van der Waals surface area contributed by atoms with Gasteiger partial charge in [-0.15, -0.1) is 10.2 Å². The average Bonchev–Trinajstić information content (AvgIpc) is 2.89. The summed E-state index contributed by atoms with van der Waals surface area (Å²) in [7, 11) is 1.51. The maximum Gasteiger partial charge on any atom is 0.314 e. The van der Waals surface area contributed by atoms with Gasteiger partial charge in [-0.05, 0) is 6.07 Å². The minimum atomic E-state index is -0.559. The van der Waals surface area contributed by atoms with E-state index in [4.69, 9.17) is 10.5 Å². The number of amides is 1. The molecule has 0 spiro atoms. The van der Waals surface area contributed by atoms with Gasteiger partial charge >= 0.3 is 5.91 Å². The van der Waals surface area contributed by atoms with Gasteiger partial charge in [0.05, 0.1) is 7.11 Å². The second-order valence-electron chi connectivity index (χ2n) is 4.52. The van der Waals surface area contributed by atoms with E-state index in [0.717, 1.165) is 10.8 Å². The first-order chi connectivity index (χ1) is 10.7. The fourth-order valence-electron chi connectivity index (χ4n) is 2.07. The molecule has 2 heterocycles. The molecule has 0 atom stereocenters. The largest absolute Gasteiger partial charge is 0.497 e. The van der Waals surface area contributed by atoms with Crippen molar-refractivity contribution in [3.05, 3.63) is 48.3 Å². The van der Waals surface area contributed by atoms with Crippen LogP contribution >= 0.6 is 0 Å². The van der Waals surface area contributed by atoms with Crippen LogP contribution in [0, 0.1) is 0 Å². The molecule has 0 unspecified atom stereocenters. The summed E-state index contributed by atoms with van der Waals surface area (Å²) in [6.45, 7) is 0. The van der Waals surface area contributed by atoms with Crippen LogP contribution in [-0.4, -0.2) is 23.0 Å². The molecular formula is C15H13N5O2. The van der Waals surface area contributed by atoms with Gasteiger partial charge in [-0.3, -0.25) is 9.78 Å². The summed E-state index contributed by atoms with van der Waals surface area (Å²) in [6, 6.07) is 10.6. The Morgan fingerprint density at radius 3 is 2.82 bits per heavy atom. The average molecular weight is 295 g/mol. The number of nitrogens with one attached hydrogen (secondary N) is 1. The van der Waals surface area contributed by atoms with Crippen LogP contribution in [0.4, 0.5) is 11.6 Å². The zero-order chi connectivity index (χ0) is 15.5. The van der Waals surface area contributed by atoms with Gasteiger partial charge in [0.2, 0.25) is 0 Å². The number of anilines is 1. The summed E-state index contributed by atoms with van der Waals surface area (Å²) in [5.41, 5.74) is 6.02. The lowest BCUT2D eigenvalue weighted by Crippen LogP contribution is -1.98. The van der Waals surface area contributed by atoms with Crippen LogP contribution in [0.3, 0.4) is 0 Å². The number of aromatic amines is 1. The second-order valence-corrected chi connectivity index (χ2v) is 4.52. The van der Waals surface area contributed by atoms with Crippen molar-refractivity contribution in [1.29, 1.82) is 0 Å². The molecule has 1 amide bonds. The number of carbonyl (C=O) groups excluding carboxylic acids is 1. The summed E-state index contributed by atoms with van der Waals surface area (Å²) in [5.74, 6) is 0.889. The third-order valence-corrected chi connectivity index (χ3v) is 3.15. The van der Waals surface area contributed by atoms with Crippen LogP contribution in [0.25, 0.3) is 10.8 Å². The van der Waals surface area contributed by atoms with E-state index in [1.807, 2.05) is 24.3 Å². The number of H-pyrrole nitrogens is 1. The van der Waals surface area contributed by atoms with E-state index in [9.17, 15) is 4.79 Å². The first-order valence-corrected chi connectivity index (χ1v) is 6.51. The van der Waals surface area contributed by atoms with Crippen molar-refractivity contribution in [3.63, 3.8) is 0 Å². The lowest BCUT2D eigenvalue weighted by Gasteiger charge is -1.99. The molecule has 3 N–H and O–H groups in total. The number of rotatable bonds is 3. The predicted octanol–water partition coefficient (Wildman–Crippen LogP) is 3.08. The van der Waals surface area contributed by atoms with Crippen LogP contribution in [-0.2, 0) is 0 Å². The van der Waals surface area contributed by atoms with Crippen molar-refractivity contribution in [2.45, 2.75) is 0 Å². The quantitative estimate of drug-likeness (QED) is 0.724. The smallest absolute Gasteiger partial charge is 0.314 e. The number of azo groups is 1. The van der Waals surface area contributed by atoms with Crippen molar-refractivity contribution in [1.82, 2.24) is 9.97 Å². The van der Waals surface area contributed by atoms with Gasteiger partial charge in [0, 0.05) is 23.0 Å². The van der Waals surface area contributed by atoms with Gasteiger partial charge in [-0.1, -0.05) is 24.3 Å². The van der Waals surface area contributed by atoms with Crippen molar-refractivity contribution in [2.24, 2.45) is 10.2 Å². The van der Waals surface area contributed by atoms with Gasteiger partial charge in [0.15, 0.2) is 5.82 Å². The molecule has 0 saturated heterocycles. The zero-order valence-electron chi connectivity index (χ0n) is 11.8. The molecule has 0 radical (unpaired) electrons. The number of hydrogen-bond acceptors (Lipinski definition) is 5. The Hall–Kier alpha value is -3.22. The molecule has 2 aromatic heterocycles. The van der Waals surface area contributed by atoms with Crippen molar-refractivity contribution in [3.8, 4) is 5.75 Å². The highest BCUT2D eigenvalue weighted by molar-refractivity contribution is 6.00. The van der Waals surface area contributed by atoms with E-state index in [2.05, 4.69) is 20.2 Å². The normalized spacial score (nSPS) is 11.1. The molecule has 7 nitrogen and oxygen atoms in total. The molecule has 3 rings (SSSR count). The standard InChI is InChI=1S/C15H13N5O2/c1-22-9-6-7-17-12(8-9)15(21)20-19-14-11-5-3-2-4-10(11)13(16)18-14/h2-8,18H,16H2,1H3. The Balaban J connectivity index is 1.90. The van der Waals surface area contributed by atoms with E-state index >= 15 is 0 Å². The minimum Gasteiger partial charge on any atom is -0.497 e. The topological polar surface area (TPSA) is 106 Å². The molecule has 0 aliphatic rings. The van der Waals surface area contributed by atoms with E-state index in [0.29, 0.717) is 17.4 Å². The molecule has 0 bridgehead atoms. The fourth-order valence-corrected chi connectivity index (χ4v) is 2.07. The molecular weight excluding hydrogens is 282 g/mol. The summed E-state index contributed by atoms with van der Waals surface area (Å²) in [6.07, 6.45) is 1.48. The number of nitrogens with two attached hydrogens (primary N) is 1. The number of benzene rings is 1. The molecule has 3 aromatic rings. The van der Waals surface area contributed by atoms with Crippen LogP contribution in [0.15, 0.2) is 52.8 Å². The number of pyridine rings is 1. The van der Waals surface area contributed by atoms with Gasteiger partial charge in [0.25, 0.3) is 0 Å². The van der Waals surface area contributed by atoms with Crippen LogP contribution < -0.4 is 10.5 Å². The first-order valence-electron chi connectivity index (χ1n) is 6.51. The molecule has 0 fully saturated rings. The summed E-state index contributed by atoms with van der Waals surface area (Å²) < 4.78 is 5.04. The number of nitrogen functional groups attached to an aromatic ring is 1. The van der Waals surface area contributed by atoms with Gasteiger partial charge in [-0.2, -0.15) is 0 Å². The highest BCUT2D eigenvalue weighted by atomic mass is 16.5. The first kappa shape index (κ1) is 13.7. The maximum absolute atomic E-state index is 12.0. The number of nitrogens with zero attached hydrogens (tertiary/aromatic N) is 3. The second kappa shape index (κ2) is 5.65. The number of hydrogen-bond donors (Lipinski definition) is 2. The number of carbonyl (C=O) groups is 1. The van der Waals surface area contributed by atoms with E-state index in [-0.39, 0.29) is 5.69 Å². The van der Waals surface area contributed by atoms with Crippen LogP contribution in [0.2, 0.25) is 0 Å². The summed E-state index contributed by atoms with van der Waals surface area (Å²) in [5, 5.41) is 9.27. The molecule has 0 aliphatic carbocycles. The Morgan fingerprint density at radius 1 is 1.27 bits per heavy atom. The number of methoxy groups -OCH3 is 1. The number of ether oxygens (including phenoxy) is 1. The third-order valence-electron chi connectivity index (χ3n) is 3.15. The number of fused-ring (bicyclic) bond motifs is 1. The molecule has 0 aliphatic heterocycles. The van der Waals surface area contributed by atoms with Crippen molar-refractivity contribution in [2.75, 3.05) is 12.8 Å². The Bertz CT molecular complexity index is 869. The lowest BCUT2D eigenvalue weighted by atomic mass is 10.2. The van der Waals surface area contributed by atoms with Gasteiger partial charge < -0.3 is 15.5 Å². The summed E-state index contributed by atoms with van der Waals surface area (Å²) in [4.78, 5) is 18.9. The third kappa shape index (κ3) is 2.51. The Labute approximate surface area is 125 Å². The molecule has 7 heteroatoms. The number of aromatic nitrogens is 2. The zero-order valence-corrected chi connectivity index (χ0v) is 11.8. The maximum atomic E-state index is 12.0. The highest BCUT2D eigenvalue weighted by Crippen LogP contribution is 2.30. The fraction of sp³-hybridized carbons (Fsp3) is 0.0667. The molecule has 1 aromatic carbocycles. The van der Waals surface area contributed by atoms with Crippen molar-refractivity contribution < 1.29 is 9.53 Å². The Morgan fingerprint density at radius 2 is 2.05 bits per heavy atom. The molecule has 0 saturated carbocycles.